The molecular formula is C39H64N2O2. The van der Waals surface area contributed by atoms with E-state index in [1.54, 1.807) is 0 Å². The van der Waals surface area contributed by atoms with Gasteiger partial charge in [-0.15, -0.1) is 0 Å². The summed E-state index contributed by atoms with van der Waals surface area (Å²) in [6, 6.07) is 12.6. The number of hydrogen-bond donors (Lipinski definition) is 2. The zero-order valence-corrected chi connectivity index (χ0v) is 29.1. The number of para-hydroxylation sites is 1. The molecule has 4 nitrogen and oxygen atoms in total. The number of urea groups is 1. The van der Waals surface area contributed by atoms with Crippen molar-refractivity contribution in [2.75, 3.05) is 18.4 Å². The molecule has 0 aromatic heterocycles. The van der Waals surface area contributed by atoms with E-state index in [9.17, 15) is 9.90 Å². The van der Waals surface area contributed by atoms with E-state index in [-0.39, 0.29) is 16.9 Å². The smallest absolute Gasteiger partial charge is 0.321 e. The average Bonchev–Trinajstić information content (AvgIpc) is 2.94. The Morgan fingerprint density at radius 2 is 1.16 bits per heavy atom. The molecule has 0 fully saturated rings. The lowest BCUT2D eigenvalue weighted by Gasteiger charge is -2.28. The van der Waals surface area contributed by atoms with Crippen LogP contribution < -0.4 is 5.32 Å². The van der Waals surface area contributed by atoms with Gasteiger partial charge in [-0.1, -0.05) is 150 Å². The van der Waals surface area contributed by atoms with Crippen molar-refractivity contribution in [3.8, 4) is 5.75 Å². The number of nitrogens with one attached hydrogen (secondary N) is 1. The number of hydrogen-bond acceptors (Lipinski definition) is 2. The summed E-state index contributed by atoms with van der Waals surface area (Å²) in [4.78, 5) is 15.7. The second kappa shape index (κ2) is 18.3. The first-order chi connectivity index (χ1) is 20.4. The average molecular weight is 593 g/mol. The quantitative estimate of drug-likeness (QED) is 0.169. The fourth-order valence-corrected chi connectivity index (χ4v) is 5.80. The number of carbonyl (C=O) groups is 1. The van der Waals surface area contributed by atoms with Gasteiger partial charge in [0.1, 0.15) is 5.75 Å². The van der Waals surface area contributed by atoms with Crippen LogP contribution in [0.4, 0.5) is 10.5 Å². The molecule has 2 rings (SSSR count). The van der Waals surface area contributed by atoms with E-state index < -0.39 is 0 Å². The first kappa shape index (κ1) is 36.7. The standard InChI is InChI=1S/C39H64N2O2/c1-9-11-13-15-17-21-27-41(28-22-18-16-14-12-10-2)37(43)40-35-24-20-19-23-32(35)26-25-31-29-33(38(3,4)5)36(42)34(30-31)39(6,7)8/h19-20,23-24,29-30,42H,9-18,21-22,25-28H2,1-8H3,(H,40,43). The summed E-state index contributed by atoms with van der Waals surface area (Å²) < 4.78 is 0. The summed E-state index contributed by atoms with van der Waals surface area (Å²) in [5, 5.41) is 14.4. The Hall–Kier alpha value is -2.49. The highest BCUT2D eigenvalue weighted by Gasteiger charge is 2.26. The molecule has 0 aliphatic carbocycles. The monoisotopic (exact) mass is 592 g/mol. The van der Waals surface area contributed by atoms with E-state index in [1.165, 1.54) is 69.8 Å². The molecule has 0 heterocycles. The Morgan fingerprint density at radius 3 is 1.65 bits per heavy atom. The van der Waals surface area contributed by atoms with Crippen molar-refractivity contribution >= 4 is 11.7 Å². The molecule has 242 valence electrons. The summed E-state index contributed by atoms with van der Waals surface area (Å²) in [5.41, 5.74) is 4.98. The Bertz CT molecular complexity index is 1040. The minimum atomic E-state index is -0.151. The Labute approximate surface area is 265 Å². The number of anilines is 1. The number of rotatable bonds is 18. The first-order valence-electron chi connectivity index (χ1n) is 17.4. The zero-order valence-electron chi connectivity index (χ0n) is 29.1. The van der Waals surface area contributed by atoms with Gasteiger partial charge in [0, 0.05) is 18.8 Å². The molecule has 0 saturated heterocycles. The summed E-state index contributed by atoms with van der Waals surface area (Å²) in [7, 11) is 0. The fourth-order valence-electron chi connectivity index (χ4n) is 5.80. The highest BCUT2D eigenvalue weighted by molar-refractivity contribution is 5.90. The van der Waals surface area contributed by atoms with Gasteiger partial charge in [-0.2, -0.15) is 0 Å². The molecule has 0 radical (unpaired) electrons. The number of phenols is 1. The van der Waals surface area contributed by atoms with Crippen molar-refractivity contribution in [1.29, 1.82) is 0 Å². The molecule has 4 heteroatoms. The van der Waals surface area contributed by atoms with Crippen molar-refractivity contribution in [2.45, 2.75) is 156 Å². The maximum absolute atomic E-state index is 13.6. The minimum absolute atomic E-state index is 0.0317. The van der Waals surface area contributed by atoms with Gasteiger partial charge in [0.2, 0.25) is 0 Å². The largest absolute Gasteiger partial charge is 0.507 e. The topological polar surface area (TPSA) is 52.6 Å². The third-order valence-electron chi connectivity index (χ3n) is 8.58. The Morgan fingerprint density at radius 1 is 0.698 bits per heavy atom. The van der Waals surface area contributed by atoms with Gasteiger partial charge in [0.15, 0.2) is 0 Å². The molecule has 0 bridgehead atoms. The fraction of sp³-hybridized carbons (Fsp3) is 0.667. The number of benzene rings is 2. The molecule has 0 aliphatic heterocycles. The minimum Gasteiger partial charge on any atom is -0.507 e. The molecule has 2 aromatic rings. The number of carbonyl (C=O) groups excluding carboxylic acids is 1. The van der Waals surface area contributed by atoms with E-state index in [1.807, 2.05) is 12.1 Å². The van der Waals surface area contributed by atoms with Crippen LogP contribution >= 0.6 is 0 Å². The highest BCUT2D eigenvalue weighted by atomic mass is 16.3. The maximum Gasteiger partial charge on any atom is 0.321 e. The van der Waals surface area contributed by atoms with Crippen molar-refractivity contribution in [2.24, 2.45) is 0 Å². The van der Waals surface area contributed by atoms with Crippen molar-refractivity contribution in [3.05, 3.63) is 58.7 Å². The molecule has 0 spiro atoms. The molecule has 2 N–H and O–H groups in total. The SMILES string of the molecule is CCCCCCCCN(CCCCCCCC)C(=O)Nc1ccccc1CCc1cc(C(C)(C)C)c(O)c(C(C)(C)C)c1. The van der Waals surface area contributed by atoms with Crippen LogP contribution in [-0.2, 0) is 23.7 Å². The number of nitrogens with zero attached hydrogens (tertiary/aromatic N) is 1. The van der Waals surface area contributed by atoms with Crippen LogP contribution in [0.15, 0.2) is 36.4 Å². The number of aryl methyl sites for hydroxylation is 2. The second-order valence-electron chi connectivity index (χ2n) is 14.6. The van der Waals surface area contributed by atoms with Crippen LogP contribution in [0.5, 0.6) is 5.75 Å². The van der Waals surface area contributed by atoms with Crippen LogP contribution in [0, 0.1) is 0 Å². The molecule has 43 heavy (non-hydrogen) atoms. The number of phenolic OH excluding ortho intramolecular Hbond substituents is 1. The van der Waals surface area contributed by atoms with E-state index in [2.05, 4.69) is 89.9 Å². The number of unbranched alkanes of at least 4 members (excludes halogenated alkanes) is 10. The van der Waals surface area contributed by atoms with Gasteiger partial charge >= 0.3 is 6.03 Å². The summed E-state index contributed by atoms with van der Waals surface area (Å²) in [6.07, 6.45) is 16.4. The van der Waals surface area contributed by atoms with Gasteiger partial charge in [-0.05, 0) is 64.8 Å². The molecule has 0 atom stereocenters. The van der Waals surface area contributed by atoms with E-state index in [4.69, 9.17) is 0 Å². The number of amides is 2. The van der Waals surface area contributed by atoms with Gasteiger partial charge in [0.05, 0.1) is 0 Å². The molecule has 2 aromatic carbocycles. The van der Waals surface area contributed by atoms with Gasteiger partial charge in [-0.25, -0.2) is 4.79 Å². The van der Waals surface area contributed by atoms with Crippen molar-refractivity contribution in [3.63, 3.8) is 0 Å². The molecule has 0 aliphatic rings. The lowest BCUT2D eigenvalue weighted by molar-refractivity contribution is 0.209. The molecule has 0 saturated carbocycles. The summed E-state index contributed by atoms with van der Waals surface area (Å²) >= 11 is 0. The van der Waals surface area contributed by atoms with E-state index in [0.717, 1.165) is 61.2 Å². The van der Waals surface area contributed by atoms with Crippen LogP contribution in [0.3, 0.4) is 0 Å². The van der Waals surface area contributed by atoms with Crippen LogP contribution in [0.25, 0.3) is 0 Å². The van der Waals surface area contributed by atoms with Gasteiger partial charge in [0.25, 0.3) is 0 Å². The zero-order chi connectivity index (χ0) is 31.9. The Balaban J connectivity index is 2.14. The molecule has 0 unspecified atom stereocenters. The lowest BCUT2D eigenvalue weighted by atomic mass is 9.78. The van der Waals surface area contributed by atoms with Gasteiger partial charge < -0.3 is 15.3 Å². The van der Waals surface area contributed by atoms with Crippen LogP contribution in [0.2, 0.25) is 0 Å². The Kier molecular flexibility index (Phi) is 15.7. The predicted molar refractivity (Wildman–Crippen MR) is 187 cm³/mol. The molecule has 2 amide bonds. The highest BCUT2D eigenvalue weighted by Crippen LogP contribution is 2.40. The van der Waals surface area contributed by atoms with E-state index in [0.29, 0.717) is 5.75 Å². The summed E-state index contributed by atoms with van der Waals surface area (Å²) in [6.45, 7) is 19.1. The number of aromatic hydroxyl groups is 1. The van der Waals surface area contributed by atoms with Crippen molar-refractivity contribution < 1.29 is 9.90 Å². The maximum atomic E-state index is 13.6. The van der Waals surface area contributed by atoms with E-state index >= 15 is 0 Å². The lowest BCUT2D eigenvalue weighted by Crippen LogP contribution is -2.36. The van der Waals surface area contributed by atoms with Gasteiger partial charge in [-0.3, -0.25) is 0 Å². The van der Waals surface area contributed by atoms with Crippen LogP contribution in [0.1, 0.15) is 155 Å². The third kappa shape index (κ3) is 13.0. The second-order valence-corrected chi connectivity index (χ2v) is 14.6. The normalized spacial score (nSPS) is 12.0. The van der Waals surface area contributed by atoms with Crippen LogP contribution in [-0.4, -0.2) is 29.1 Å². The summed E-state index contributed by atoms with van der Waals surface area (Å²) in [5.74, 6) is 0.423. The third-order valence-corrected chi connectivity index (χ3v) is 8.58. The predicted octanol–water partition coefficient (Wildman–Crippen LogP) is 11.3. The molecular weight excluding hydrogens is 528 g/mol. The first-order valence-corrected chi connectivity index (χ1v) is 17.4. The van der Waals surface area contributed by atoms with Crippen molar-refractivity contribution in [1.82, 2.24) is 4.90 Å².